The molecule has 0 spiro atoms. The van der Waals surface area contributed by atoms with E-state index in [9.17, 15) is 9.90 Å². The van der Waals surface area contributed by atoms with Crippen LogP contribution < -0.4 is 0 Å². The van der Waals surface area contributed by atoms with E-state index in [4.69, 9.17) is 5.11 Å². The zero-order valence-corrected chi connectivity index (χ0v) is 9.25. The van der Waals surface area contributed by atoms with Gasteiger partial charge in [0.15, 0.2) is 0 Å². The van der Waals surface area contributed by atoms with E-state index in [0.29, 0.717) is 5.75 Å². The number of nitrogens with one attached hydrogen (secondary N) is 1. The number of aromatic hydroxyl groups is 1. The lowest BCUT2D eigenvalue weighted by Gasteiger charge is -1.94. The maximum atomic E-state index is 10.3. The van der Waals surface area contributed by atoms with Crippen molar-refractivity contribution in [1.82, 2.24) is 4.98 Å². The number of aromatic amines is 1. The van der Waals surface area contributed by atoms with Crippen LogP contribution >= 0.6 is 11.8 Å². The summed E-state index contributed by atoms with van der Waals surface area (Å²) in [6.45, 7) is 0. The van der Waals surface area contributed by atoms with Gasteiger partial charge < -0.3 is 15.2 Å². The summed E-state index contributed by atoms with van der Waals surface area (Å²) in [5.41, 5.74) is 1.79. The molecule has 5 heteroatoms. The molecule has 3 N–H and O–H groups in total. The molecule has 0 unspecified atom stereocenters. The summed E-state index contributed by atoms with van der Waals surface area (Å²) in [6.07, 6.45) is 0. The second-order valence-corrected chi connectivity index (χ2v) is 4.41. The predicted molar refractivity (Wildman–Crippen MR) is 63.8 cm³/mol. The smallest absolute Gasteiger partial charge is 0.313 e. The van der Waals surface area contributed by atoms with E-state index >= 15 is 0 Å². The van der Waals surface area contributed by atoms with Crippen molar-refractivity contribution in [3.05, 3.63) is 30.0 Å². The van der Waals surface area contributed by atoms with E-state index in [1.54, 1.807) is 12.1 Å². The van der Waals surface area contributed by atoms with E-state index in [1.807, 2.05) is 12.1 Å². The van der Waals surface area contributed by atoms with Crippen molar-refractivity contribution >= 4 is 28.6 Å². The van der Waals surface area contributed by atoms with Crippen molar-refractivity contribution in [3.63, 3.8) is 0 Å². The van der Waals surface area contributed by atoms with Gasteiger partial charge in [0, 0.05) is 22.3 Å². The number of hydrogen-bond donors (Lipinski definition) is 3. The summed E-state index contributed by atoms with van der Waals surface area (Å²) >= 11 is 1.32. The van der Waals surface area contributed by atoms with Gasteiger partial charge >= 0.3 is 5.97 Å². The van der Waals surface area contributed by atoms with Crippen LogP contribution in [0.3, 0.4) is 0 Å². The molecule has 0 atom stereocenters. The first kappa shape index (κ1) is 10.9. The van der Waals surface area contributed by atoms with Gasteiger partial charge in [-0.15, -0.1) is 11.8 Å². The fourth-order valence-corrected chi connectivity index (χ4v) is 2.18. The zero-order valence-electron chi connectivity index (χ0n) is 8.43. The molecule has 0 saturated carbocycles. The van der Waals surface area contributed by atoms with Gasteiger partial charge in [-0.2, -0.15) is 0 Å². The van der Waals surface area contributed by atoms with Crippen LogP contribution in [-0.2, 0) is 10.5 Å². The highest BCUT2D eigenvalue weighted by Gasteiger charge is 2.05. The Morgan fingerprint density at radius 3 is 2.94 bits per heavy atom. The summed E-state index contributed by atoms with van der Waals surface area (Å²) in [5, 5.41) is 18.9. The fraction of sp³-hybridized carbons (Fsp3) is 0.182. The Kier molecular flexibility index (Phi) is 3.05. The van der Waals surface area contributed by atoms with Gasteiger partial charge in [-0.1, -0.05) is 6.07 Å². The van der Waals surface area contributed by atoms with Gasteiger partial charge in [0.25, 0.3) is 0 Å². The van der Waals surface area contributed by atoms with E-state index in [2.05, 4.69) is 4.98 Å². The average molecular weight is 237 g/mol. The summed E-state index contributed by atoms with van der Waals surface area (Å²) < 4.78 is 0. The summed E-state index contributed by atoms with van der Waals surface area (Å²) in [5.74, 6) is 0.106. The van der Waals surface area contributed by atoms with Crippen molar-refractivity contribution in [2.45, 2.75) is 5.75 Å². The molecule has 1 aromatic carbocycles. The van der Waals surface area contributed by atoms with E-state index in [-0.39, 0.29) is 11.5 Å². The Labute approximate surface area is 96.3 Å². The number of rotatable bonds is 4. The molecular formula is C11H11NO3S. The first-order chi connectivity index (χ1) is 7.66. The number of benzene rings is 1. The zero-order chi connectivity index (χ0) is 11.5. The molecule has 16 heavy (non-hydrogen) atoms. The monoisotopic (exact) mass is 237 g/mol. The molecule has 0 bridgehead atoms. The highest BCUT2D eigenvalue weighted by molar-refractivity contribution is 7.99. The number of aliphatic carboxylic acids is 1. The molecule has 0 fully saturated rings. The number of fused-ring (bicyclic) bond motifs is 1. The van der Waals surface area contributed by atoms with Crippen LogP contribution in [0.2, 0.25) is 0 Å². The van der Waals surface area contributed by atoms with Crippen molar-refractivity contribution in [1.29, 1.82) is 0 Å². The molecule has 0 aliphatic carbocycles. The number of aromatic nitrogens is 1. The molecule has 0 saturated heterocycles. The molecule has 0 amide bonds. The van der Waals surface area contributed by atoms with Crippen molar-refractivity contribution < 1.29 is 15.0 Å². The lowest BCUT2D eigenvalue weighted by molar-refractivity contribution is -0.133. The van der Waals surface area contributed by atoms with Crippen LogP contribution in [0.1, 0.15) is 5.69 Å². The maximum Gasteiger partial charge on any atom is 0.313 e. The second kappa shape index (κ2) is 4.49. The third-order valence-corrected chi connectivity index (χ3v) is 3.15. The molecule has 0 aliphatic rings. The van der Waals surface area contributed by atoms with Gasteiger partial charge in [0.2, 0.25) is 0 Å². The third-order valence-electron chi connectivity index (χ3n) is 2.18. The van der Waals surface area contributed by atoms with Crippen molar-refractivity contribution in [2.75, 3.05) is 5.75 Å². The van der Waals surface area contributed by atoms with Gasteiger partial charge in [-0.25, -0.2) is 0 Å². The Morgan fingerprint density at radius 1 is 1.44 bits per heavy atom. The molecule has 2 aromatic rings. The molecule has 1 heterocycles. The van der Waals surface area contributed by atoms with Crippen LogP contribution in [0.25, 0.3) is 10.9 Å². The van der Waals surface area contributed by atoms with E-state index in [1.165, 1.54) is 11.8 Å². The Bertz CT molecular complexity index is 521. The highest BCUT2D eigenvalue weighted by atomic mass is 32.2. The molecule has 4 nitrogen and oxygen atoms in total. The van der Waals surface area contributed by atoms with Crippen molar-refractivity contribution in [3.8, 4) is 5.75 Å². The van der Waals surface area contributed by atoms with Crippen LogP contribution in [0.4, 0.5) is 0 Å². The molecule has 2 rings (SSSR count). The highest BCUT2D eigenvalue weighted by Crippen LogP contribution is 2.26. The quantitative estimate of drug-likeness (QED) is 0.762. The SMILES string of the molecule is O=C(O)CSCc1cc2c(O)cccc2[nH]1. The molecule has 1 aromatic heterocycles. The molecule has 84 valence electrons. The third kappa shape index (κ3) is 2.30. The molecule has 0 aliphatic heterocycles. The number of phenols is 1. The largest absolute Gasteiger partial charge is 0.507 e. The summed E-state index contributed by atoms with van der Waals surface area (Å²) in [7, 11) is 0. The van der Waals surface area contributed by atoms with Crippen LogP contribution in [0.5, 0.6) is 5.75 Å². The number of phenolic OH excluding ortho intramolecular Hbond substituents is 1. The number of thioether (sulfide) groups is 1. The molecular weight excluding hydrogens is 226 g/mol. The van der Waals surface area contributed by atoms with Crippen molar-refractivity contribution in [2.24, 2.45) is 0 Å². The first-order valence-electron chi connectivity index (χ1n) is 4.76. The summed E-state index contributed by atoms with van der Waals surface area (Å²) in [4.78, 5) is 13.5. The number of carboxylic acid groups (broad SMARTS) is 1. The average Bonchev–Trinajstić information content (AvgIpc) is 2.61. The Balaban J connectivity index is 2.14. The first-order valence-corrected chi connectivity index (χ1v) is 5.91. The van der Waals surface area contributed by atoms with Crippen LogP contribution in [-0.4, -0.2) is 26.9 Å². The predicted octanol–water partition coefficient (Wildman–Crippen LogP) is 2.19. The number of carboxylic acids is 1. The second-order valence-electron chi connectivity index (χ2n) is 3.42. The van der Waals surface area contributed by atoms with Crippen LogP contribution in [0.15, 0.2) is 24.3 Å². The maximum absolute atomic E-state index is 10.3. The Morgan fingerprint density at radius 2 is 2.25 bits per heavy atom. The normalized spacial score (nSPS) is 10.8. The number of hydrogen-bond acceptors (Lipinski definition) is 3. The van der Waals surface area contributed by atoms with Gasteiger partial charge in [-0.3, -0.25) is 4.79 Å². The minimum absolute atomic E-state index is 0.0847. The lowest BCUT2D eigenvalue weighted by atomic mass is 10.2. The minimum atomic E-state index is -0.816. The van der Waals surface area contributed by atoms with Gasteiger partial charge in [-0.05, 0) is 18.2 Å². The van der Waals surface area contributed by atoms with E-state index < -0.39 is 5.97 Å². The van der Waals surface area contributed by atoms with Gasteiger partial charge in [0.1, 0.15) is 5.75 Å². The minimum Gasteiger partial charge on any atom is -0.507 e. The summed E-state index contributed by atoms with van der Waals surface area (Å²) in [6, 6.07) is 7.12. The topological polar surface area (TPSA) is 73.3 Å². The number of carbonyl (C=O) groups is 1. The Hall–Kier alpha value is -1.62. The standard InChI is InChI=1S/C11H11NO3S/c13-10-3-1-2-9-8(10)4-7(12-9)5-16-6-11(14)15/h1-4,12-13H,5-6H2,(H,14,15). The van der Waals surface area contributed by atoms with E-state index in [0.717, 1.165) is 16.6 Å². The van der Waals surface area contributed by atoms with Crippen LogP contribution in [0, 0.1) is 0 Å². The fourth-order valence-electron chi connectivity index (χ4n) is 1.52. The lowest BCUT2D eigenvalue weighted by Crippen LogP contribution is -1.98. The molecule has 0 radical (unpaired) electrons. The number of H-pyrrole nitrogens is 1. The van der Waals surface area contributed by atoms with Gasteiger partial charge in [0.05, 0.1) is 5.75 Å².